The highest BCUT2D eigenvalue weighted by Gasteiger charge is 2.23. The van der Waals surface area contributed by atoms with Crippen LogP contribution in [0.2, 0.25) is 0 Å². The van der Waals surface area contributed by atoms with Crippen LogP contribution in [0.1, 0.15) is 62.4 Å². The second-order valence-electron chi connectivity index (χ2n) is 6.89. The van der Waals surface area contributed by atoms with Crippen LogP contribution >= 0.6 is 0 Å². The number of hydrogen-bond donors (Lipinski definition) is 2. The highest BCUT2D eigenvalue weighted by Crippen LogP contribution is 2.14. The molecule has 0 aliphatic carbocycles. The standard InChI is InChI=1S/C19H27N3O3/c1-19(2,3)18(24)25-22-13-7-5-4-6-12-21-17(23)16-10-8-15(14-20)9-11-16/h8-11,22H,4-7,12-13H2,1-3H3,(H,21,23). The molecule has 2 N–H and O–H groups in total. The lowest BCUT2D eigenvalue weighted by Crippen LogP contribution is -2.30. The first kappa shape index (κ1) is 20.7. The quantitative estimate of drug-likeness (QED) is 0.530. The monoisotopic (exact) mass is 345 g/mol. The summed E-state index contributed by atoms with van der Waals surface area (Å²) in [5.41, 5.74) is 3.29. The molecular weight excluding hydrogens is 318 g/mol. The van der Waals surface area contributed by atoms with Gasteiger partial charge in [0.1, 0.15) is 0 Å². The van der Waals surface area contributed by atoms with Gasteiger partial charge in [-0.1, -0.05) is 12.8 Å². The van der Waals surface area contributed by atoms with Crippen molar-refractivity contribution < 1.29 is 14.4 Å². The maximum Gasteiger partial charge on any atom is 0.329 e. The molecule has 0 aromatic heterocycles. The summed E-state index contributed by atoms with van der Waals surface area (Å²) in [4.78, 5) is 28.4. The highest BCUT2D eigenvalue weighted by molar-refractivity contribution is 5.94. The van der Waals surface area contributed by atoms with E-state index in [0.29, 0.717) is 24.2 Å². The average molecular weight is 345 g/mol. The summed E-state index contributed by atoms with van der Waals surface area (Å²) >= 11 is 0. The number of rotatable bonds is 9. The van der Waals surface area contributed by atoms with Crippen molar-refractivity contribution in [1.29, 1.82) is 5.26 Å². The Balaban J connectivity index is 2.04. The number of nitriles is 1. The van der Waals surface area contributed by atoms with Crippen molar-refractivity contribution in [2.45, 2.75) is 46.5 Å². The molecule has 0 heterocycles. The normalized spacial score (nSPS) is 10.8. The Morgan fingerprint density at radius 2 is 1.64 bits per heavy atom. The minimum atomic E-state index is -0.500. The van der Waals surface area contributed by atoms with Gasteiger partial charge in [0.15, 0.2) is 0 Å². The van der Waals surface area contributed by atoms with Crippen LogP contribution in [0.4, 0.5) is 0 Å². The summed E-state index contributed by atoms with van der Waals surface area (Å²) in [5, 5.41) is 11.6. The van der Waals surface area contributed by atoms with Crippen LogP contribution in [0.5, 0.6) is 0 Å². The third-order valence-corrected chi connectivity index (χ3v) is 3.54. The predicted molar refractivity (Wildman–Crippen MR) is 95.5 cm³/mol. The smallest absolute Gasteiger partial charge is 0.329 e. The lowest BCUT2D eigenvalue weighted by atomic mass is 9.98. The van der Waals surface area contributed by atoms with E-state index in [0.717, 1.165) is 25.7 Å². The van der Waals surface area contributed by atoms with Gasteiger partial charge in [-0.05, 0) is 57.9 Å². The third kappa shape index (κ3) is 8.32. The van der Waals surface area contributed by atoms with Crippen LogP contribution in [0.25, 0.3) is 0 Å². The van der Waals surface area contributed by atoms with E-state index < -0.39 is 5.41 Å². The second-order valence-corrected chi connectivity index (χ2v) is 6.89. The van der Waals surface area contributed by atoms with E-state index in [1.54, 1.807) is 24.3 Å². The molecule has 0 saturated carbocycles. The van der Waals surface area contributed by atoms with E-state index in [9.17, 15) is 9.59 Å². The maximum absolute atomic E-state index is 11.9. The number of carbonyl (C=O) groups is 2. The molecule has 1 amide bonds. The average Bonchev–Trinajstić information content (AvgIpc) is 2.59. The number of hydroxylamine groups is 1. The van der Waals surface area contributed by atoms with Crippen molar-refractivity contribution >= 4 is 11.9 Å². The number of amides is 1. The van der Waals surface area contributed by atoms with Gasteiger partial charge < -0.3 is 10.2 Å². The summed E-state index contributed by atoms with van der Waals surface area (Å²) in [6, 6.07) is 8.59. The van der Waals surface area contributed by atoms with Crippen LogP contribution < -0.4 is 10.8 Å². The molecule has 136 valence electrons. The van der Waals surface area contributed by atoms with Gasteiger partial charge >= 0.3 is 5.97 Å². The Morgan fingerprint density at radius 3 is 2.20 bits per heavy atom. The van der Waals surface area contributed by atoms with Gasteiger partial charge in [-0.15, -0.1) is 0 Å². The van der Waals surface area contributed by atoms with Gasteiger partial charge in [0, 0.05) is 18.7 Å². The Labute approximate surface area is 149 Å². The molecule has 25 heavy (non-hydrogen) atoms. The molecule has 0 unspecified atom stereocenters. The Morgan fingerprint density at radius 1 is 1.04 bits per heavy atom. The molecule has 1 aromatic carbocycles. The molecule has 0 atom stereocenters. The van der Waals surface area contributed by atoms with Crippen molar-refractivity contribution in [2.24, 2.45) is 5.41 Å². The predicted octanol–water partition coefficient (Wildman–Crippen LogP) is 2.94. The largest absolute Gasteiger partial charge is 0.370 e. The van der Waals surface area contributed by atoms with Crippen LogP contribution in [-0.2, 0) is 9.63 Å². The molecule has 0 spiro atoms. The molecule has 0 bridgehead atoms. The van der Waals surface area contributed by atoms with Gasteiger partial charge in [0.25, 0.3) is 5.91 Å². The van der Waals surface area contributed by atoms with E-state index in [4.69, 9.17) is 10.1 Å². The zero-order valence-electron chi connectivity index (χ0n) is 15.2. The van der Waals surface area contributed by atoms with E-state index in [1.165, 1.54) is 0 Å². The molecule has 0 aliphatic rings. The van der Waals surface area contributed by atoms with Gasteiger partial charge in [-0.2, -0.15) is 10.7 Å². The van der Waals surface area contributed by atoms with E-state index in [-0.39, 0.29) is 11.9 Å². The van der Waals surface area contributed by atoms with Gasteiger partial charge in [-0.3, -0.25) is 4.79 Å². The van der Waals surface area contributed by atoms with Crippen molar-refractivity contribution in [3.63, 3.8) is 0 Å². The Bertz CT molecular complexity index is 598. The Kier molecular flexibility index (Phi) is 8.65. The molecular formula is C19H27N3O3. The molecule has 0 fully saturated rings. The minimum Gasteiger partial charge on any atom is -0.370 e. The van der Waals surface area contributed by atoms with Gasteiger partial charge in [0.05, 0.1) is 17.0 Å². The molecule has 1 rings (SSSR count). The van der Waals surface area contributed by atoms with Gasteiger partial charge in [-0.25, -0.2) is 4.79 Å². The van der Waals surface area contributed by atoms with Crippen LogP contribution in [0.3, 0.4) is 0 Å². The number of nitrogens with one attached hydrogen (secondary N) is 2. The fraction of sp³-hybridized carbons (Fsp3) is 0.526. The fourth-order valence-corrected chi connectivity index (χ4v) is 1.95. The zero-order chi connectivity index (χ0) is 18.7. The van der Waals surface area contributed by atoms with Gasteiger partial charge in [0.2, 0.25) is 0 Å². The summed E-state index contributed by atoms with van der Waals surface area (Å²) in [5.74, 6) is -0.390. The van der Waals surface area contributed by atoms with E-state index >= 15 is 0 Å². The first-order chi connectivity index (χ1) is 11.8. The van der Waals surface area contributed by atoms with Crippen molar-refractivity contribution in [2.75, 3.05) is 13.1 Å². The van der Waals surface area contributed by atoms with Crippen molar-refractivity contribution in [1.82, 2.24) is 10.8 Å². The lowest BCUT2D eigenvalue weighted by molar-refractivity contribution is -0.160. The molecule has 0 aliphatic heterocycles. The molecule has 0 radical (unpaired) electrons. The minimum absolute atomic E-state index is 0.125. The van der Waals surface area contributed by atoms with Crippen LogP contribution in [-0.4, -0.2) is 25.0 Å². The summed E-state index contributed by atoms with van der Waals surface area (Å²) in [6.45, 7) is 6.67. The second kappa shape index (κ2) is 10.5. The number of unbranched alkanes of at least 4 members (excludes halogenated alkanes) is 3. The first-order valence-corrected chi connectivity index (χ1v) is 8.57. The summed E-state index contributed by atoms with van der Waals surface area (Å²) in [6.07, 6.45) is 3.78. The fourth-order valence-electron chi connectivity index (χ4n) is 1.95. The van der Waals surface area contributed by atoms with Crippen LogP contribution in [0.15, 0.2) is 24.3 Å². The van der Waals surface area contributed by atoms with Crippen LogP contribution in [0, 0.1) is 16.7 Å². The lowest BCUT2D eigenvalue weighted by Gasteiger charge is -2.16. The van der Waals surface area contributed by atoms with E-state index in [1.807, 2.05) is 26.8 Å². The number of carbonyl (C=O) groups excluding carboxylic acids is 2. The molecule has 6 nitrogen and oxygen atoms in total. The number of hydrogen-bond acceptors (Lipinski definition) is 5. The SMILES string of the molecule is CC(C)(C)C(=O)ONCCCCCCNC(=O)c1ccc(C#N)cc1. The highest BCUT2D eigenvalue weighted by atomic mass is 16.7. The van der Waals surface area contributed by atoms with Crippen molar-refractivity contribution in [3.05, 3.63) is 35.4 Å². The number of benzene rings is 1. The van der Waals surface area contributed by atoms with Crippen molar-refractivity contribution in [3.8, 4) is 6.07 Å². The molecule has 0 saturated heterocycles. The first-order valence-electron chi connectivity index (χ1n) is 8.57. The number of nitrogens with zero attached hydrogens (tertiary/aromatic N) is 1. The zero-order valence-corrected chi connectivity index (χ0v) is 15.2. The summed E-state index contributed by atoms with van der Waals surface area (Å²) in [7, 11) is 0. The maximum atomic E-state index is 11.9. The molecule has 6 heteroatoms. The Hall–Kier alpha value is -2.39. The topological polar surface area (TPSA) is 91.2 Å². The summed E-state index contributed by atoms with van der Waals surface area (Å²) < 4.78 is 0. The molecule has 1 aromatic rings. The van der Waals surface area contributed by atoms with E-state index in [2.05, 4.69) is 10.8 Å². The third-order valence-electron chi connectivity index (χ3n) is 3.54.